The smallest absolute Gasteiger partial charge is 0.0762 e. The molecule has 3 nitrogen and oxygen atoms in total. The minimum absolute atomic E-state index is 0.546. The molecule has 1 heterocycles. The standard InChI is InChI=1S/C15H27N3/c1-12(2)13(3)16-11-14-9-10-18(17-14)15-7-5-4-6-8-15/h9-10,12-13,15-16H,4-8,11H2,1-3H3. The summed E-state index contributed by atoms with van der Waals surface area (Å²) in [6.45, 7) is 7.62. The normalized spacial score (nSPS) is 19.3. The molecule has 1 aromatic rings. The Balaban J connectivity index is 1.85. The molecule has 0 bridgehead atoms. The van der Waals surface area contributed by atoms with E-state index in [1.807, 2.05) is 0 Å². The average Bonchev–Trinajstić information content (AvgIpc) is 2.85. The predicted octanol–water partition coefficient (Wildman–Crippen LogP) is 3.52. The highest BCUT2D eigenvalue weighted by Gasteiger charge is 2.16. The van der Waals surface area contributed by atoms with Crippen molar-refractivity contribution < 1.29 is 0 Å². The van der Waals surface area contributed by atoms with Gasteiger partial charge in [-0.1, -0.05) is 33.1 Å². The van der Waals surface area contributed by atoms with Crippen LogP contribution in [0.25, 0.3) is 0 Å². The molecule has 102 valence electrons. The van der Waals surface area contributed by atoms with Gasteiger partial charge >= 0.3 is 0 Å². The molecule has 1 unspecified atom stereocenters. The van der Waals surface area contributed by atoms with Gasteiger partial charge in [-0.15, -0.1) is 0 Å². The fourth-order valence-electron chi connectivity index (χ4n) is 2.52. The number of nitrogens with one attached hydrogen (secondary N) is 1. The zero-order valence-electron chi connectivity index (χ0n) is 12.0. The van der Waals surface area contributed by atoms with Crippen LogP contribution in [0.1, 0.15) is 64.6 Å². The maximum absolute atomic E-state index is 4.72. The van der Waals surface area contributed by atoms with E-state index in [4.69, 9.17) is 5.10 Å². The van der Waals surface area contributed by atoms with Gasteiger partial charge in [-0.25, -0.2) is 0 Å². The van der Waals surface area contributed by atoms with E-state index >= 15 is 0 Å². The first kappa shape index (κ1) is 13.6. The lowest BCUT2D eigenvalue weighted by molar-refractivity contribution is 0.327. The number of hydrogen-bond donors (Lipinski definition) is 1. The highest BCUT2D eigenvalue weighted by atomic mass is 15.3. The van der Waals surface area contributed by atoms with Gasteiger partial charge < -0.3 is 5.32 Å². The van der Waals surface area contributed by atoms with E-state index in [1.165, 1.54) is 37.8 Å². The van der Waals surface area contributed by atoms with E-state index in [0.29, 0.717) is 18.0 Å². The molecule has 1 fully saturated rings. The van der Waals surface area contributed by atoms with Crippen molar-refractivity contribution in [2.45, 2.75) is 71.5 Å². The molecule has 1 aromatic heterocycles. The van der Waals surface area contributed by atoms with Crippen molar-refractivity contribution in [3.8, 4) is 0 Å². The molecule has 0 amide bonds. The third kappa shape index (κ3) is 3.58. The van der Waals surface area contributed by atoms with Gasteiger partial charge in [0.1, 0.15) is 0 Å². The summed E-state index contributed by atoms with van der Waals surface area (Å²) in [5, 5.41) is 8.26. The molecule has 1 saturated carbocycles. The summed E-state index contributed by atoms with van der Waals surface area (Å²) in [5.41, 5.74) is 1.17. The maximum Gasteiger partial charge on any atom is 0.0762 e. The molecule has 0 spiro atoms. The number of hydrogen-bond acceptors (Lipinski definition) is 2. The van der Waals surface area contributed by atoms with Crippen LogP contribution >= 0.6 is 0 Å². The van der Waals surface area contributed by atoms with Crippen LogP contribution in [0.15, 0.2) is 12.3 Å². The van der Waals surface area contributed by atoms with Crippen LogP contribution in [0.3, 0.4) is 0 Å². The molecule has 0 aliphatic heterocycles. The molecule has 1 aliphatic rings. The second kappa shape index (κ2) is 6.37. The molecule has 0 saturated heterocycles. The van der Waals surface area contributed by atoms with Gasteiger partial charge in [0.05, 0.1) is 11.7 Å². The zero-order valence-corrected chi connectivity index (χ0v) is 12.0. The lowest BCUT2D eigenvalue weighted by atomic mass is 9.96. The molecule has 0 aromatic carbocycles. The fraction of sp³-hybridized carbons (Fsp3) is 0.800. The van der Waals surface area contributed by atoms with Crippen molar-refractivity contribution in [2.75, 3.05) is 0 Å². The third-order valence-electron chi connectivity index (χ3n) is 4.22. The average molecular weight is 249 g/mol. The van der Waals surface area contributed by atoms with Crippen LogP contribution in [0.5, 0.6) is 0 Å². The molecule has 1 atom stereocenters. The summed E-state index contributed by atoms with van der Waals surface area (Å²) in [6, 6.07) is 3.36. The Labute approximate surface area is 111 Å². The maximum atomic E-state index is 4.72. The fourth-order valence-corrected chi connectivity index (χ4v) is 2.52. The van der Waals surface area contributed by atoms with Crippen LogP contribution in [0.2, 0.25) is 0 Å². The molecule has 2 rings (SSSR count). The molecular formula is C15H27N3. The van der Waals surface area contributed by atoms with Crippen molar-refractivity contribution >= 4 is 0 Å². The zero-order chi connectivity index (χ0) is 13.0. The Kier molecular flexibility index (Phi) is 4.81. The highest BCUT2D eigenvalue weighted by Crippen LogP contribution is 2.27. The van der Waals surface area contributed by atoms with E-state index in [-0.39, 0.29) is 0 Å². The molecular weight excluding hydrogens is 222 g/mol. The SMILES string of the molecule is CC(C)C(C)NCc1ccn(C2CCCCC2)n1. The van der Waals surface area contributed by atoms with E-state index in [9.17, 15) is 0 Å². The molecule has 1 aliphatic carbocycles. The minimum Gasteiger partial charge on any atom is -0.308 e. The van der Waals surface area contributed by atoms with Crippen molar-refractivity contribution in [2.24, 2.45) is 5.92 Å². The summed E-state index contributed by atoms with van der Waals surface area (Å²) in [7, 11) is 0. The Morgan fingerprint density at radius 2 is 2.00 bits per heavy atom. The number of rotatable bonds is 5. The van der Waals surface area contributed by atoms with Crippen LogP contribution in [0.4, 0.5) is 0 Å². The van der Waals surface area contributed by atoms with Gasteiger partial charge in [0.25, 0.3) is 0 Å². The Hall–Kier alpha value is -0.830. The van der Waals surface area contributed by atoms with Gasteiger partial charge in [0.15, 0.2) is 0 Å². The van der Waals surface area contributed by atoms with Gasteiger partial charge in [-0.3, -0.25) is 4.68 Å². The van der Waals surface area contributed by atoms with Gasteiger partial charge in [0, 0.05) is 18.8 Å². The summed E-state index contributed by atoms with van der Waals surface area (Å²) in [4.78, 5) is 0. The van der Waals surface area contributed by atoms with E-state index < -0.39 is 0 Å². The molecule has 1 N–H and O–H groups in total. The van der Waals surface area contributed by atoms with Gasteiger partial charge in [0.2, 0.25) is 0 Å². The van der Waals surface area contributed by atoms with Crippen molar-refractivity contribution in [3.63, 3.8) is 0 Å². The monoisotopic (exact) mass is 249 g/mol. The Bertz CT molecular complexity index is 350. The summed E-state index contributed by atoms with van der Waals surface area (Å²) in [6.07, 6.45) is 8.89. The van der Waals surface area contributed by atoms with E-state index in [0.717, 1.165) is 6.54 Å². The first-order valence-electron chi connectivity index (χ1n) is 7.44. The van der Waals surface area contributed by atoms with Gasteiger partial charge in [-0.2, -0.15) is 5.10 Å². The van der Waals surface area contributed by atoms with Crippen LogP contribution < -0.4 is 5.32 Å². The summed E-state index contributed by atoms with van der Waals surface area (Å²) in [5.74, 6) is 0.672. The lowest BCUT2D eigenvalue weighted by Crippen LogP contribution is -2.30. The Morgan fingerprint density at radius 3 is 2.67 bits per heavy atom. The van der Waals surface area contributed by atoms with Crippen LogP contribution in [-0.4, -0.2) is 15.8 Å². The van der Waals surface area contributed by atoms with Crippen molar-refractivity contribution in [1.29, 1.82) is 0 Å². The van der Waals surface area contributed by atoms with Crippen LogP contribution in [-0.2, 0) is 6.54 Å². The summed E-state index contributed by atoms with van der Waals surface area (Å²) < 4.78 is 2.19. The number of aromatic nitrogens is 2. The lowest BCUT2D eigenvalue weighted by Gasteiger charge is -2.22. The second-order valence-electron chi connectivity index (χ2n) is 5.99. The van der Waals surface area contributed by atoms with Crippen molar-refractivity contribution in [3.05, 3.63) is 18.0 Å². The summed E-state index contributed by atoms with van der Waals surface area (Å²) >= 11 is 0. The van der Waals surface area contributed by atoms with E-state index in [1.54, 1.807) is 0 Å². The number of nitrogens with zero attached hydrogens (tertiary/aromatic N) is 2. The van der Waals surface area contributed by atoms with Crippen molar-refractivity contribution in [1.82, 2.24) is 15.1 Å². The molecule has 18 heavy (non-hydrogen) atoms. The van der Waals surface area contributed by atoms with Gasteiger partial charge in [-0.05, 0) is 31.7 Å². The van der Waals surface area contributed by atoms with Crippen LogP contribution in [0, 0.1) is 5.92 Å². The largest absolute Gasteiger partial charge is 0.308 e. The molecule has 0 radical (unpaired) electrons. The molecule has 3 heteroatoms. The Morgan fingerprint density at radius 1 is 1.28 bits per heavy atom. The highest BCUT2D eigenvalue weighted by molar-refractivity contribution is 5.00. The quantitative estimate of drug-likeness (QED) is 0.865. The first-order valence-corrected chi connectivity index (χ1v) is 7.44. The van der Waals surface area contributed by atoms with E-state index in [2.05, 4.69) is 43.0 Å². The second-order valence-corrected chi connectivity index (χ2v) is 5.99. The minimum atomic E-state index is 0.546. The third-order valence-corrected chi connectivity index (χ3v) is 4.22. The predicted molar refractivity (Wildman–Crippen MR) is 75.5 cm³/mol. The topological polar surface area (TPSA) is 29.9 Å². The first-order chi connectivity index (χ1) is 8.66.